The Hall–Kier alpha value is -6.63. The van der Waals surface area contributed by atoms with Gasteiger partial charge in [0.1, 0.15) is 0 Å². The van der Waals surface area contributed by atoms with E-state index in [1.54, 1.807) is 0 Å². The first-order chi connectivity index (χ1) is 27.2. The Morgan fingerprint density at radius 2 is 1.15 bits per heavy atom. The van der Waals surface area contributed by atoms with Gasteiger partial charge in [0.15, 0.2) is 11.6 Å². The number of aryl methyl sites for hydroxylation is 1. The molecular formula is C49H35N5S. The van der Waals surface area contributed by atoms with Crippen molar-refractivity contribution in [1.82, 2.24) is 24.1 Å². The fraction of sp³-hybridized carbons (Fsp3) is 0.0816. The molecule has 4 aromatic heterocycles. The van der Waals surface area contributed by atoms with E-state index in [1.165, 1.54) is 65.6 Å². The van der Waals surface area contributed by atoms with Crippen LogP contribution in [0.15, 0.2) is 158 Å². The minimum Gasteiger partial charge on any atom is -0.309 e. The van der Waals surface area contributed by atoms with Crippen LogP contribution in [-0.4, -0.2) is 24.1 Å². The number of hydrogen-bond acceptors (Lipinski definition) is 4. The van der Waals surface area contributed by atoms with Gasteiger partial charge in [-0.05, 0) is 60.9 Å². The second kappa shape index (κ2) is 12.8. The summed E-state index contributed by atoms with van der Waals surface area (Å²) >= 11 is 1.83. The first kappa shape index (κ1) is 31.9. The Balaban J connectivity index is 1.20. The molecule has 0 bridgehead atoms. The molecule has 0 atom stereocenters. The summed E-state index contributed by atoms with van der Waals surface area (Å²) in [5.74, 6) is 1.87. The number of aromatic nitrogens is 5. The van der Waals surface area contributed by atoms with E-state index in [2.05, 4.69) is 156 Å². The molecule has 0 fully saturated rings. The molecule has 0 radical (unpaired) electrons. The van der Waals surface area contributed by atoms with Gasteiger partial charge in [-0.25, -0.2) is 4.98 Å². The van der Waals surface area contributed by atoms with Gasteiger partial charge in [-0.1, -0.05) is 129 Å². The highest BCUT2D eigenvalue weighted by Crippen LogP contribution is 2.43. The third-order valence-corrected chi connectivity index (χ3v) is 12.1. The molecule has 5 nitrogen and oxygen atoms in total. The van der Waals surface area contributed by atoms with Gasteiger partial charge in [0.25, 0.3) is 0 Å². The smallest absolute Gasteiger partial charge is 0.238 e. The van der Waals surface area contributed by atoms with Crippen molar-refractivity contribution in [2.45, 2.75) is 26.2 Å². The third-order valence-electron chi connectivity index (χ3n) is 11.0. The minimum atomic E-state index is 0.599. The summed E-state index contributed by atoms with van der Waals surface area (Å²) in [5.41, 5.74) is 8.89. The fourth-order valence-corrected chi connectivity index (χ4v) is 9.49. The summed E-state index contributed by atoms with van der Waals surface area (Å²) in [5, 5.41) is 7.27. The Morgan fingerprint density at radius 3 is 1.96 bits per heavy atom. The van der Waals surface area contributed by atoms with E-state index in [-0.39, 0.29) is 0 Å². The monoisotopic (exact) mass is 725 g/mol. The van der Waals surface area contributed by atoms with Crippen LogP contribution in [-0.2, 0) is 6.42 Å². The van der Waals surface area contributed by atoms with Crippen LogP contribution in [0.2, 0.25) is 0 Å². The molecule has 0 unspecified atom stereocenters. The second-order valence-electron chi connectivity index (χ2n) is 14.3. The maximum Gasteiger partial charge on any atom is 0.238 e. The first-order valence-corrected chi connectivity index (χ1v) is 19.8. The van der Waals surface area contributed by atoms with Crippen LogP contribution in [0, 0.1) is 0 Å². The van der Waals surface area contributed by atoms with Gasteiger partial charge in [0, 0.05) is 58.5 Å². The number of para-hydroxylation sites is 2. The Kier molecular flexibility index (Phi) is 7.39. The van der Waals surface area contributed by atoms with Crippen molar-refractivity contribution in [1.29, 1.82) is 0 Å². The van der Waals surface area contributed by atoms with Crippen molar-refractivity contribution in [3.63, 3.8) is 0 Å². The molecule has 11 aromatic rings. The zero-order chi connectivity index (χ0) is 36.5. The van der Waals surface area contributed by atoms with Crippen LogP contribution >= 0.6 is 11.3 Å². The standard InChI is InChI=1S/C49H35N5S/c1-2-3-14-31-23-25-36-37-26-24-33(30-42(37)53(41(36)29-31)34-17-8-5-9-18-34)48-50-47(32-15-6-4-7-16-32)51-49(52-48)54-40-21-12-10-19-35(40)38-27-28-44-45(46(38)54)39-20-11-13-22-43(39)55-44/h4-13,15-30H,2-3,14H2,1H3. The van der Waals surface area contributed by atoms with Gasteiger partial charge in [-0.15, -0.1) is 11.3 Å². The molecule has 0 aliphatic carbocycles. The number of rotatable bonds is 7. The zero-order valence-corrected chi connectivity index (χ0v) is 31.1. The first-order valence-electron chi connectivity index (χ1n) is 19.0. The van der Waals surface area contributed by atoms with Crippen LogP contribution in [0.1, 0.15) is 25.3 Å². The molecular weight excluding hydrogens is 691 g/mol. The quantitative estimate of drug-likeness (QED) is 0.164. The van der Waals surface area contributed by atoms with Gasteiger partial charge in [-0.2, -0.15) is 9.97 Å². The molecule has 4 heterocycles. The SMILES string of the molecule is CCCCc1ccc2c3ccc(-c4nc(-c5ccccc5)nc(-n5c6ccccc6c6ccc7sc8ccccc8c7c65)n4)cc3n(-c3ccccc3)c2c1. The number of hydrogen-bond donors (Lipinski definition) is 0. The lowest BCUT2D eigenvalue weighted by Crippen LogP contribution is -2.06. The maximum absolute atomic E-state index is 5.39. The third kappa shape index (κ3) is 5.09. The lowest BCUT2D eigenvalue weighted by atomic mass is 10.0. The maximum atomic E-state index is 5.39. The van der Waals surface area contributed by atoms with Gasteiger partial charge in [-0.3, -0.25) is 4.57 Å². The largest absolute Gasteiger partial charge is 0.309 e. The summed E-state index contributed by atoms with van der Waals surface area (Å²) < 4.78 is 7.17. The lowest BCUT2D eigenvalue weighted by Gasteiger charge is -2.12. The average molecular weight is 726 g/mol. The Labute approximate surface area is 321 Å². The summed E-state index contributed by atoms with van der Waals surface area (Å²) in [6, 6.07) is 56.4. The summed E-state index contributed by atoms with van der Waals surface area (Å²) in [7, 11) is 0. The molecule has 6 heteroatoms. The molecule has 0 amide bonds. The van der Waals surface area contributed by atoms with Gasteiger partial charge in [0.2, 0.25) is 5.95 Å². The van der Waals surface area contributed by atoms with Gasteiger partial charge >= 0.3 is 0 Å². The minimum absolute atomic E-state index is 0.599. The lowest BCUT2D eigenvalue weighted by molar-refractivity contribution is 0.795. The number of unbranched alkanes of at least 4 members (excludes halogenated alkanes) is 1. The molecule has 0 aliphatic heterocycles. The van der Waals surface area contributed by atoms with E-state index in [0.717, 1.165) is 39.8 Å². The van der Waals surface area contributed by atoms with E-state index in [1.807, 2.05) is 29.5 Å². The predicted molar refractivity (Wildman–Crippen MR) is 231 cm³/mol. The summed E-state index contributed by atoms with van der Waals surface area (Å²) in [6.07, 6.45) is 3.41. The van der Waals surface area contributed by atoms with Crippen LogP contribution in [0.5, 0.6) is 0 Å². The molecule has 7 aromatic carbocycles. The number of thiophene rings is 1. The molecule has 0 spiro atoms. The number of benzene rings is 7. The van der Waals surface area contributed by atoms with Crippen molar-refractivity contribution >= 4 is 75.1 Å². The van der Waals surface area contributed by atoms with E-state index >= 15 is 0 Å². The van der Waals surface area contributed by atoms with Crippen molar-refractivity contribution in [2.24, 2.45) is 0 Å². The van der Waals surface area contributed by atoms with E-state index in [4.69, 9.17) is 15.0 Å². The van der Waals surface area contributed by atoms with Crippen LogP contribution < -0.4 is 0 Å². The predicted octanol–water partition coefficient (Wildman–Crippen LogP) is 13.1. The highest BCUT2D eigenvalue weighted by molar-refractivity contribution is 7.26. The molecule has 0 N–H and O–H groups in total. The molecule has 11 rings (SSSR count). The van der Waals surface area contributed by atoms with Crippen molar-refractivity contribution < 1.29 is 0 Å². The van der Waals surface area contributed by atoms with Crippen LogP contribution in [0.4, 0.5) is 0 Å². The van der Waals surface area contributed by atoms with Gasteiger partial charge < -0.3 is 4.57 Å². The van der Waals surface area contributed by atoms with Crippen molar-refractivity contribution in [2.75, 3.05) is 0 Å². The molecule has 0 saturated carbocycles. The highest BCUT2D eigenvalue weighted by atomic mass is 32.1. The van der Waals surface area contributed by atoms with Crippen molar-refractivity contribution in [3.05, 3.63) is 163 Å². The topological polar surface area (TPSA) is 48.5 Å². The average Bonchev–Trinajstić information content (AvgIpc) is 3.90. The summed E-state index contributed by atoms with van der Waals surface area (Å²) in [4.78, 5) is 15.9. The molecule has 0 aliphatic rings. The molecule has 55 heavy (non-hydrogen) atoms. The number of fused-ring (bicyclic) bond motifs is 10. The van der Waals surface area contributed by atoms with E-state index in [0.29, 0.717) is 17.6 Å². The Morgan fingerprint density at radius 1 is 0.491 bits per heavy atom. The van der Waals surface area contributed by atoms with E-state index in [9.17, 15) is 0 Å². The summed E-state index contributed by atoms with van der Waals surface area (Å²) in [6.45, 7) is 2.25. The van der Waals surface area contributed by atoms with Gasteiger partial charge in [0.05, 0.1) is 22.1 Å². The normalized spacial score (nSPS) is 11.9. The second-order valence-corrected chi connectivity index (χ2v) is 15.4. The number of nitrogens with zero attached hydrogens (tertiary/aromatic N) is 5. The Bertz CT molecular complexity index is 3250. The highest BCUT2D eigenvalue weighted by Gasteiger charge is 2.22. The van der Waals surface area contributed by atoms with Crippen LogP contribution in [0.25, 0.3) is 98.2 Å². The van der Waals surface area contributed by atoms with Crippen LogP contribution in [0.3, 0.4) is 0 Å². The van der Waals surface area contributed by atoms with Crippen molar-refractivity contribution in [3.8, 4) is 34.4 Å². The van der Waals surface area contributed by atoms with E-state index < -0.39 is 0 Å². The zero-order valence-electron chi connectivity index (χ0n) is 30.3. The molecule has 0 saturated heterocycles. The molecule has 262 valence electrons. The fourth-order valence-electron chi connectivity index (χ4n) is 8.38.